The molecule has 0 spiro atoms. The molecule has 2 fully saturated rings. The zero-order chi connectivity index (χ0) is 12.6. The van der Waals surface area contributed by atoms with E-state index in [0.29, 0.717) is 5.92 Å². The van der Waals surface area contributed by atoms with Crippen molar-refractivity contribution in [3.8, 4) is 0 Å². The summed E-state index contributed by atoms with van der Waals surface area (Å²) in [5.74, 6) is -0.249. The molecule has 1 aliphatic carbocycles. The fraction of sp³-hybridized carbons (Fsp3) is 0.692. The fourth-order valence-electron chi connectivity index (χ4n) is 2.75. The number of carboxylic acids is 1. The first-order valence-electron chi connectivity index (χ1n) is 6.49. The van der Waals surface area contributed by atoms with Gasteiger partial charge in [-0.05, 0) is 25.7 Å². The van der Waals surface area contributed by atoms with Gasteiger partial charge >= 0.3 is 5.97 Å². The van der Waals surface area contributed by atoms with Gasteiger partial charge in [-0.3, -0.25) is 4.79 Å². The minimum absolute atomic E-state index is 0.462. The van der Waals surface area contributed by atoms with Gasteiger partial charge in [0.2, 0.25) is 0 Å². The van der Waals surface area contributed by atoms with E-state index in [4.69, 9.17) is 4.74 Å². The van der Waals surface area contributed by atoms with E-state index >= 15 is 0 Å². The minimum atomic E-state index is -0.711. The van der Waals surface area contributed by atoms with E-state index in [1.807, 2.05) is 5.38 Å². The van der Waals surface area contributed by atoms with Crippen molar-refractivity contribution in [1.82, 2.24) is 4.98 Å². The Hall–Kier alpha value is -0.940. The van der Waals surface area contributed by atoms with Gasteiger partial charge in [-0.15, -0.1) is 11.3 Å². The molecule has 98 valence electrons. The van der Waals surface area contributed by atoms with Gasteiger partial charge in [0.05, 0.1) is 10.7 Å². The zero-order valence-electron chi connectivity index (χ0n) is 10.2. The minimum Gasteiger partial charge on any atom is -0.481 e. The van der Waals surface area contributed by atoms with Crippen LogP contribution in [0.4, 0.5) is 0 Å². The van der Waals surface area contributed by atoms with E-state index < -0.39 is 11.4 Å². The van der Waals surface area contributed by atoms with E-state index in [-0.39, 0.29) is 0 Å². The van der Waals surface area contributed by atoms with Crippen LogP contribution in [0.1, 0.15) is 48.7 Å². The molecule has 1 N–H and O–H groups in total. The normalized spacial score (nSPS) is 23.6. The van der Waals surface area contributed by atoms with Crippen LogP contribution in [0.3, 0.4) is 0 Å². The average Bonchev–Trinajstić information content (AvgIpc) is 2.78. The average molecular weight is 267 g/mol. The van der Waals surface area contributed by atoms with E-state index in [1.54, 1.807) is 11.3 Å². The van der Waals surface area contributed by atoms with Crippen molar-refractivity contribution in [2.45, 2.75) is 43.4 Å². The van der Waals surface area contributed by atoms with Crippen LogP contribution in [0.5, 0.6) is 0 Å². The number of rotatable bonds is 3. The van der Waals surface area contributed by atoms with Crippen LogP contribution in [0.25, 0.3) is 0 Å². The quantitative estimate of drug-likeness (QED) is 0.914. The highest BCUT2D eigenvalue weighted by molar-refractivity contribution is 7.09. The molecule has 2 heterocycles. The smallest absolute Gasteiger partial charge is 0.315 e. The monoisotopic (exact) mass is 267 g/mol. The second kappa shape index (κ2) is 4.63. The summed E-state index contributed by atoms with van der Waals surface area (Å²) in [6.07, 6.45) is 4.48. The predicted octanol–water partition coefficient (Wildman–Crippen LogP) is 2.54. The van der Waals surface area contributed by atoms with Crippen LogP contribution in [0, 0.1) is 0 Å². The SMILES string of the molecule is O=C(O)C1(c2csc(C3CCOCC3)n2)CCC1. The Morgan fingerprint density at radius 1 is 1.44 bits per heavy atom. The Morgan fingerprint density at radius 3 is 2.72 bits per heavy atom. The summed E-state index contributed by atoms with van der Waals surface area (Å²) >= 11 is 1.62. The number of hydrogen-bond donors (Lipinski definition) is 1. The van der Waals surface area contributed by atoms with Crippen molar-refractivity contribution in [3.05, 3.63) is 16.1 Å². The van der Waals surface area contributed by atoms with Gasteiger partial charge < -0.3 is 9.84 Å². The first-order chi connectivity index (χ1) is 8.72. The number of hydrogen-bond acceptors (Lipinski definition) is 4. The van der Waals surface area contributed by atoms with Gasteiger partial charge in [0, 0.05) is 24.5 Å². The van der Waals surface area contributed by atoms with Gasteiger partial charge in [-0.1, -0.05) is 6.42 Å². The first kappa shape index (κ1) is 12.1. The topological polar surface area (TPSA) is 59.4 Å². The summed E-state index contributed by atoms with van der Waals surface area (Å²) in [6.45, 7) is 1.59. The van der Waals surface area contributed by atoms with E-state index in [9.17, 15) is 9.90 Å². The van der Waals surface area contributed by atoms with Crippen molar-refractivity contribution in [2.24, 2.45) is 0 Å². The number of nitrogens with zero attached hydrogens (tertiary/aromatic N) is 1. The summed E-state index contributed by atoms with van der Waals surface area (Å²) in [4.78, 5) is 16.1. The lowest BCUT2D eigenvalue weighted by Crippen LogP contribution is -2.42. The van der Waals surface area contributed by atoms with E-state index in [0.717, 1.165) is 56.0 Å². The van der Waals surface area contributed by atoms with Gasteiger partial charge in [0.15, 0.2) is 0 Å². The maximum atomic E-state index is 11.4. The Labute approximate surface area is 110 Å². The molecule has 0 aromatic carbocycles. The molecule has 1 aromatic rings. The zero-order valence-corrected chi connectivity index (χ0v) is 11.0. The molecular weight excluding hydrogens is 250 g/mol. The van der Waals surface area contributed by atoms with Crippen LogP contribution in [-0.4, -0.2) is 29.3 Å². The molecule has 3 rings (SSSR count). The van der Waals surface area contributed by atoms with E-state index in [2.05, 4.69) is 4.98 Å². The van der Waals surface area contributed by atoms with Crippen LogP contribution < -0.4 is 0 Å². The Morgan fingerprint density at radius 2 is 2.17 bits per heavy atom. The van der Waals surface area contributed by atoms with Crippen LogP contribution >= 0.6 is 11.3 Å². The molecule has 0 atom stereocenters. The lowest BCUT2D eigenvalue weighted by molar-refractivity contribution is -0.147. The fourth-order valence-corrected chi connectivity index (χ4v) is 3.84. The number of aliphatic carboxylic acids is 1. The van der Waals surface area contributed by atoms with Gasteiger partial charge in [0.1, 0.15) is 5.41 Å². The summed E-state index contributed by atoms with van der Waals surface area (Å²) in [6, 6.07) is 0. The third-order valence-electron chi connectivity index (χ3n) is 4.20. The molecule has 0 unspecified atom stereocenters. The number of carboxylic acid groups (broad SMARTS) is 1. The maximum absolute atomic E-state index is 11.4. The maximum Gasteiger partial charge on any atom is 0.315 e. The lowest BCUT2D eigenvalue weighted by Gasteiger charge is -2.36. The van der Waals surface area contributed by atoms with Gasteiger partial charge in [0.25, 0.3) is 0 Å². The van der Waals surface area contributed by atoms with Crippen molar-refractivity contribution >= 4 is 17.3 Å². The lowest BCUT2D eigenvalue weighted by atomic mass is 9.67. The van der Waals surface area contributed by atoms with Crippen molar-refractivity contribution in [3.63, 3.8) is 0 Å². The van der Waals surface area contributed by atoms with Crippen LogP contribution in [-0.2, 0) is 14.9 Å². The molecule has 1 aromatic heterocycles. The largest absolute Gasteiger partial charge is 0.481 e. The highest BCUT2D eigenvalue weighted by Gasteiger charge is 2.48. The Balaban J connectivity index is 1.82. The molecule has 1 saturated carbocycles. The predicted molar refractivity (Wildman–Crippen MR) is 68.1 cm³/mol. The second-order valence-corrected chi connectivity index (χ2v) is 6.09. The molecule has 1 aliphatic heterocycles. The highest BCUT2D eigenvalue weighted by Crippen LogP contribution is 2.45. The Bertz CT molecular complexity index is 447. The molecule has 0 bridgehead atoms. The Kier molecular flexibility index (Phi) is 3.11. The molecule has 18 heavy (non-hydrogen) atoms. The van der Waals surface area contributed by atoms with Gasteiger partial charge in [-0.2, -0.15) is 0 Å². The second-order valence-electron chi connectivity index (χ2n) is 5.20. The number of carbonyl (C=O) groups is 1. The number of ether oxygens (including phenoxy) is 1. The third-order valence-corrected chi connectivity index (χ3v) is 5.21. The summed E-state index contributed by atoms with van der Waals surface area (Å²) in [5.41, 5.74) is 0.104. The molecule has 5 heteroatoms. The standard InChI is InChI=1S/C13H17NO3S/c15-12(16)13(4-1-5-13)10-8-18-11(14-10)9-2-6-17-7-3-9/h8-9H,1-7H2,(H,15,16). The molecule has 0 amide bonds. The summed E-state index contributed by atoms with van der Waals surface area (Å²) in [7, 11) is 0. The first-order valence-corrected chi connectivity index (χ1v) is 7.37. The van der Waals surface area contributed by atoms with Crippen molar-refractivity contribution < 1.29 is 14.6 Å². The summed E-state index contributed by atoms with van der Waals surface area (Å²) < 4.78 is 5.35. The van der Waals surface area contributed by atoms with Crippen LogP contribution in [0.2, 0.25) is 0 Å². The van der Waals surface area contributed by atoms with Crippen molar-refractivity contribution in [2.75, 3.05) is 13.2 Å². The third kappa shape index (κ3) is 1.86. The molecule has 4 nitrogen and oxygen atoms in total. The van der Waals surface area contributed by atoms with Crippen LogP contribution in [0.15, 0.2) is 5.38 Å². The number of thiazole rings is 1. The molecule has 2 aliphatic rings. The summed E-state index contributed by atoms with van der Waals surface area (Å²) in [5, 5.41) is 12.5. The highest BCUT2D eigenvalue weighted by atomic mass is 32.1. The van der Waals surface area contributed by atoms with Gasteiger partial charge in [-0.25, -0.2) is 4.98 Å². The van der Waals surface area contributed by atoms with Crippen molar-refractivity contribution in [1.29, 1.82) is 0 Å². The molecule has 1 saturated heterocycles. The molecule has 0 radical (unpaired) electrons. The molecular formula is C13H17NO3S. The number of aromatic nitrogens is 1. The van der Waals surface area contributed by atoms with E-state index in [1.165, 1.54) is 0 Å².